The van der Waals surface area contributed by atoms with Crippen LogP contribution in [0.15, 0.2) is 29.4 Å². The first-order chi connectivity index (χ1) is 7.22. The molecule has 3 nitrogen and oxygen atoms in total. The van der Waals surface area contributed by atoms with E-state index in [0.717, 1.165) is 29.0 Å². The molecule has 0 bridgehead atoms. The Hall–Kier alpha value is -0.870. The molecule has 0 aliphatic heterocycles. The molecule has 1 aromatic rings. The van der Waals surface area contributed by atoms with Crippen LogP contribution >= 0.6 is 15.9 Å². The summed E-state index contributed by atoms with van der Waals surface area (Å²) in [6, 6.07) is 3.87. The minimum atomic E-state index is 0.467. The maximum Gasteiger partial charge on any atom is 0.138 e. The highest BCUT2D eigenvalue weighted by atomic mass is 79.9. The highest BCUT2D eigenvalue weighted by molar-refractivity contribution is 9.11. The highest BCUT2D eigenvalue weighted by Crippen LogP contribution is 2.11. The predicted molar refractivity (Wildman–Crippen MR) is 65.2 cm³/mol. The van der Waals surface area contributed by atoms with Gasteiger partial charge in [-0.25, -0.2) is 0 Å². The normalized spacial score (nSPS) is 10.0. The van der Waals surface area contributed by atoms with Crippen molar-refractivity contribution in [2.24, 2.45) is 0 Å². The Morgan fingerprint density at radius 3 is 2.93 bits per heavy atom. The minimum Gasteiger partial charge on any atom is -0.487 e. The second-order valence-electron chi connectivity index (χ2n) is 3.07. The van der Waals surface area contributed by atoms with E-state index in [4.69, 9.17) is 4.74 Å². The Morgan fingerprint density at radius 1 is 1.60 bits per heavy atom. The van der Waals surface area contributed by atoms with E-state index in [1.165, 1.54) is 0 Å². The van der Waals surface area contributed by atoms with Crippen molar-refractivity contribution in [2.75, 3.05) is 13.2 Å². The quantitative estimate of drug-likeness (QED) is 0.863. The third kappa shape index (κ3) is 4.95. The monoisotopic (exact) mass is 270 g/mol. The summed E-state index contributed by atoms with van der Waals surface area (Å²) in [4.78, 5) is 4.26. The molecule has 82 valence electrons. The molecule has 1 heterocycles. The second-order valence-corrected chi connectivity index (χ2v) is 4.19. The molecule has 0 saturated heterocycles. The number of hydrogen-bond acceptors (Lipinski definition) is 3. The van der Waals surface area contributed by atoms with Gasteiger partial charge in [0.15, 0.2) is 0 Å². The Bertz CT molecular complexity index is 311. The second kappa shape index (κ2) is 6.58. The Balaban J connectivity index is 2.45. The number of aromatic nitrogens is 1. The summed E-state index contributed by atoms with van der Waals surface area (Å²) in [7, 11) is 0. The summed E-state index contributed by atoms with van der Waals surface area (Å²) in [5.74, 6) is 0.760. The summed E-state index contributed by atoms with van der Waals surface area (Å²) in [6.45, 7) is 7.97. The van der Waals surface area contributed by atoms with E-state index < -0.39 is 0 Å². The molecule has 0 amide bonds. The summed E-state index contributed by atoms with van der Waals surface area (Å²) >= 11 is 3.23. The van der Waals surface area contributed by atoms with Crippen molar-refractivity contribution in [3.05, 3.63) is 35.1 Å². The molecule has 0 saturated carbocycles. The zero-order chi connectivity index (χ0) is 11.1. The molecule has 4 heteroatoms. The van der Waals surface area contributed by atoms with Crippen LogP contribution in [0.2, 0.25) is 0 Å². The lowest BCUT2D eigenvalue weighted by molar-refractivity contribution is 0.359. The van der Waals surface area contributed by atoms with Crippen molar-refractivity contribution in [1.82, 2.24) is 10.3 Å². The fraction of sp³-hybridized carbons (Fsp3) is 0.364. The van der Waals surface area contributed by atoms with Crippen LogP contribution in [0.25, 0.3) is 0 Å². The first-order valence-electron chi connectivity index (χ1n) is 4.84. The van der Waals surface area contributed by atoms with E-state index in [9.17, 15) is 0 Å². The van der Waals surface area contributed by atoms with Crippen molar-refractivity contribution in [3.8, 4) is 5.75 Å². The lowest BCUT2D eigenvalue weighted by Crippen LogP contribution is -2.12. The van der Waals surface area contributed by atoms with E-state index in [1.54, 1.807) is 6.20 Å². The van der Waals surface area contributed by atoms with Crippen LogP contribution in [0.5, 0.6) is 5.75 Å². The molecule has 0 aromatic carbocycles. The lowest BCUT2D eigenvalue weighted by atomic mass is 10.3. The van der Waals surface area contributed by atoms with Gasteiger partial charge >= 0.3 is 0 Å². The maximum atomic E-state index is 5.40. The average molecular weight is 271 g/mol. The number of nitrogens with zero attached hydrogens (tertiary/aromatic N) is 1. The van der Waals surface area contributed by atoms with Gasteiger partial charge in [0.2, 0.25) is 0 Å². The van der Waals surface area contributed by atoms with E-state index >= 15 is 0 Å². The van der Waals surface area contributed by atoms with Gasteiger partial charge in [-0.2, -0.15) is 0 Å². The van der Waals surface area contributed by atoms with E-state index in [2.05, 4.69) is 39.7 Å². The SMILES string of the molecule is C=C(Br)COc1ccc(CNCC)nc1. The molecular weight excluding hydrogens is 256 g/mol. The van der Waals surface area contributed by atoms with Gasteiger partial charge in [0.1, 0.15) is 12.4 Å². The standard InChI is InChI=1S/C11H15BrN2O/c1-3-13-6-10-4-5-11(7-14-10)15-8-9(2)12/h4-5,7,13H,2-3,6,8H2,1H3. The molecule has 1 aromatic heterocycles. The van der Waals surface area contributed by atoms with Crippen molar-refractivity contribution in [2.45, 2.75) is 13.5 Å². The molecule has 0 aliphatic carbocycles. The third-order valence-corrected chi connectivity index (χ3v) is 1.98. The minimum absolute atomic E-state index is 0.467. The number of pyridine rings is 1. The first kappa shape index (κ1) is 12.2. The summed E-state index contributed by atoms with van der Waals surface area (Å²) in [5.41, 5.74) is 1.02. The van der Waals surface area contributed by atoms with Crippen LogP contribution in [0, 0.1) is 0 Å². The molecular formula is C11H15BrN2O. The van der Waals surface area contributed by atoms with Crippen LogP contribution in [-0.2, 0) is 6.54 Å². The van der Waals surface area contributed by atoms with Crippen LogP contribution < -0.4 is 10.1 Å². The number of rotatable bonds is 6. The van der Waals surface area contributed by atoms with Gasteiger partial charge in [0.05, 0.1) is 11.9 Å². The van der Waals surface area contributed by atoms with Crippen LogP contribution in [0.4, 0.5) is 0 Å². The van der Waals surface area contributed by atoms with Gasteiger partial charge in [-0.1, -0.05) is 29.4 Å². The molecule has 0 atom stereocenters. The largest absolute Gasteiger partial charge is 0.487 e. The topological polar surface area (TPSA) is 34.1 Å². The van der Waals surface area contributed by atoms with Crippen molar-refractivity contribution >= 4 is 15.9 Å². The van der Waals surface area contributed by atoms with E-state index in [0.29, 0.717) is 6.61 Å². The zero-order valence-electron chi connectivity index (χ0n) is 8.79. The first-order valence-corrected chi connectivity index (χ1v) is 5.63. The van der Waals surface area contributed by atoms with Gasteiger partial charge in [-0.3, -0.25) is 4.98 Å². The van der Waals surface area contributed by atoms with Crippen LogP contribution in [0.3, 0.4) is 0 Å². The molecule has 0 fully saturated rings. The Labute approximate surface area is 98.7 Å². The smallest absolute Gasteiger partial charge is 0.138 e. The number of ether oxygens (including phenoxy) is 1. The van der Waals surface area contributed by atoms with Gasteiger partial charge in [-0.15, -0.1) is 0 Å². The fourth-order valence-electron chi connectivity index (χ4n) is 1.02. The summed E-state index contributed by atoms with van der Waals surface area (Å²) < 4.78 is 6.22. The molecule has 1 rings (SSSR count). The van der Waals surface area contributed by atoms with Crippen molar-refractivity contribution in [3.63, 3.8) is 0 Å². The van der Waals surface area contributed by atoms with Gasteiger partial charge in [0, 0.05) is 11.0 Å². The van der Waals surface area contributed by atoms with E-state index in [1.807, 2.05) is 12.1 Å². The molecule has 0 spiro atoms. The summed E-state index contributed by atoms with van der Waals surface area (Å²) in [6.07, 6.45) is 1.72. The molecule has 1 N–H and O–H groups in total. The molecule has 0 unspecified atom stereocenters. The lowest BCUT2D eigenvalue weighted by Gasteiger charge is -2.05. The highest BCUT2D eigenvalue weighted by Gasteiger charge is 1.96. The molecule has 0 aliphatic rings. The summed E-state index contributed by atoms with van der Waals surface area (Å²) in [5, 5.41) is 3.21. The average Bonchev–Trinajstić information content (AvgIpc) is 2.25. The van der Waals surface area contributed by atoms with Crippen molar-refractivity contribution < 1.29 is 4.74 Å². The fourth-order valence-corrected chi connectivity index (χ4v) is 1.13. The number of nitrogens with one attached hydrogen (secondary N) is 1. The van der Waals surface area contributed by atoms with Crippen LogP contribution in [-0.4, -0.2) is 18.1 Å². The van der Waals surface area contributed by atoms with Crippen LogP contribution in [0.1, 0.15) is 12.6 Å². The molecule has 0 radical (unpaired) electrons. The van der Waals surface area contributed by atoms with E-state index in [-0.39, 0.29) is 0 Å². The number of halogens is 1. The van der Waals surface area contributed by atoms with Gasteiger partial charge in [0.25, 0.3) is 0 Å². The van der Waals surface area contributed by atoms with Gasteiger partial charge < -0.3 is 10.1 Å². The third-order valence-electron chi connectivity index (χ3n) is 1.75. The zero-order valence-corrected chi connectivity index (χ0v) is 10.4. The van der Waals surface area contributed by atoms with Crippen molar-refractivity contribution in [1.29, 1.82) is 0 Å². The number of hydrogen-bond donors (Lipinski definition) is 1. The maximum absolute atomic E-state index is 5.40. The molecule has 15 heavy (non-hydrogen) atoms. The Morgan fingerprint density at radius 2 is 2.40 bits per heavy atom. The predicted octanol–water partition coefficient (Wildman–Crippen LogP) is 2.48. The Kier molecular flexibility index (Phi) is 5.36. The van der Waals surface area contributed by atoms with Gasteiger partial charge in [-0.05, 0) is 18.7 Å².